The van der Waals surface area contributed by atoms with Crippen LogP contribution in [0.15, 0.2) is 79.0 Å². The second kappa shape index (κ2) is 8.65. The molecule has 2 atom stereocenters. The van der Waals surface area contributed by atoms with Crippen LogP contribution in [0.3, 0.4) is 0 Å². The maximum atomic E-state index is 6.59. The van der Waals surface area contributed by atoms with Crippen molar-refractivity contribution in [2.45, 2.75) is 32.9 Å². The van der Waals surface area contributed by atoms with E-state index in [0.717, 1.165) is 33.5 Å². The molecular formula is C27H25ClN4S. The van der Waals surface area contributed by atoms with E-state index in [2.05, 4.69) is 83.0 Å². The Morgan fingerprint density at radius 2 is 1.73 bits per heavy atom. The van der Waals surface area contributed by atoms with Gasteiger partial charge in [-0.25, -0.2) is 0 Å². The predicted molar refractivity (Wildman–Crippen MR) is 139 cm³/mol. The molecule has 1 N–H and O–H groups in total. The van der Waals surface area contributed by atoms with Gasteiger partial charge in [-0.2, -0.15) is 0 Å². The fourth-order valence-corrected chi connectivity index (χ4v) is 5.38. The molecule has 0 spiro atoms. The van der Waals surface area contributed by atoms with Gasteiger partial charge in [0.2, 0.25) is 0 Å². The van der Waals surface area contributed by atoms with E-state index in [1.165, 1.54) is 11.1 Å². The quantitative estimate of drug-likeness (QED) is 0.338. The molecule has 4 aromatic rings. The van der Waals surface area contributed by atoms with E-state index in [1.807, 2.05) is 36.5 Å². The average Bonchev–Trinajstić information content (AvgIpc) is 3.30. The molecule has 0 amide bonds. The van der Waals surface area contributed by atoms with Crippen LogP contribution in [0.5, 0.6) is 0 Å². The molecule has 2 unspecified atom stereocenters. The first kappa shape index (κ1) is 21.7. The molecule has 3 heterocycles. The van der Waals surface area contributed by atoms with Crippen molar-refractivity contribution in [1.29, 1.82) is 0 Å². The van der Waals surface area contributed by atoms with Crippen LogP contribution in [0, 0.1) is 20.8 Å². The number of nitrogens with one attached hydrogen (secondary N) is 1. The largest absolute Gasteiger partial charge is 0.351 e. The molecule has 1 aliphatic rings. The van der Waals surface area contributed by atoms with Crippen molar-refractivity contribution >= 4 is 34.6 Å². The van der Waals surface area contributed by atoms with Crippen molar-refractivity contribution < 1.29 is 0 Å². The fraction of sp³-hybridized carbons (Fsp3) is 0.185. The summed E-state index contributed by atoms with van der Waals surface area (Å²) < 4.78 is 2.23. The Hall–Kier alpha value is -3.15. The lowest BCUT2D eigenvalue weighted by atomic mass is 9.96. The van der Waals surface area contributed by atoms with Gasteiger partial charge in [-0.1, -0.05) is 41.9 Å². The van der Waals surface area contributed by atoms with Gasteiger partial charge in [0.25, 0.3) is 0 Å². The van der Waals surface area contributed by atoms with Crippen molar-refractivity contribution in [3.8, 4) is 5.69 Å². The number of hydrogen-bond donors (Lipinski definition) is 1. The number of halogens is 1. The molecule has 0 saturated carbocycles. The van der Waals surface area contributed by atoms with Crippen LogP contribution < -0.4 is 10.2 Å². The maximum Gasteiger partial charge on any atom is 0.174 e. The lowest BCUT2D eigenvalue weighted by Crippen LogP contribution is -2.29. The van der Waals surface area contributed by atoms with E-state index in [0.29, 0.717) is 5.11 Å². The zero-order valence-electron chi connectivity index (χ0n) is 18.8. The summed E-state index contributed by atoms with van der Waals surface area (Å²) in [7, 11) is 0. The van der Waals surface area contributed by atoms with Crippen molar-refractivity contribution in [1.82, 2.24) is 14.9 Å². The van der Waals surface area contributed by atoms with Gasteiger partial charge in [0.05, 0.1) is 28.5 Å². The summed E-state index contributed by atoms with van der Waals surface area (Å²) in [6.07, 6.45) is 1.83. The number of thiocarbonyl (C=S) groups is 1. The summed E-state index contributed by atoms with van der Waals surface area (Å²) >= 11 is 12.5. The third kappa shape index (κ3) is 3.81. The Bertz CT molecular complexity index is 1330. The summed E-state index contributed by atoms with van der Waals surface area (Å²) in [6, 6.07) is 24.5. The lowest BCUT2D eigenvalue weighted by molar-refractivity contribution is 0.565. The summed E-state index contributed by atoms with van der Waals surface area (Å²) in [5.41, 5.74) is 7.65. The minimum atomic E-state index is -0.0839. The molecule has 2 aromatic heterocycles. The van der Waals surface area contributed by atoms with Crippen LogP contribution in [-0.4, -0.2) is 14.7 Å². The van der Waals surface area contributed by atoms with Crippen LogP contribution in [0.2, 0.25) is 5.02 Å². The number of nitrogens with zero attached hydrogens (tertiary/aromatic N) is 3. The molecule has 5 rings (SSSR count). The zero-order chi connectivity index (χ0) is 23.1. The van der Waals surface area contributed by atoms with Crippen molar-refractivity contribution in [2.75, 3.05) is 4.90 Å². The summed E-state index contributed by atoms with van der Waals surface area (Å²) in [4.78, 5) is 6.89. The highest BCUT2D eigenvalue weighted by atomic mass is 35.5. The monoisotopic (exact) mass is 472 g/mol. The van der Waals surface area contributed by atoms with Gasteiger partial charge in [0.15, 0.2) is 5.11 Å². The number of pyridine rings is 1. The molecule has 1 fully saturated rings. The standard InChI is InChI=1S/C27H25ClN4S/c1-17-9-8-10-20(15-17)32-26(25(30-27(32)33)23-12-6-7-14-29-23)21-16-18(2)31(19(21)3)24-13-5-4-11-22(24)28/h4-16,25-26H,1-3H3,(H,30,33). The van der Waals surface area contributed by atoms with Gasteiger partial charge in [0, 0.05) is 23.3 Å². The highest BCUT2D eigenvalue weighted by molar-refractivity contribution is 7.80. The molecule has 33 heavy (non-hydrogen) atoms. The number of para-hydroxylation sites is 1. The van der Waals surface area contributed by atoms with Gasteiger partial charge in [0.1, 0.15) is 0 Å². The SMILES string of the molecule is Cc1cccc(N2C(=S)NC(c3ccccn3)C2c2cc(C)n(-c3ccccc3Cl)c2C)c1. The summed E-state index contributed by atoms with van der Waals surface area (Å²) in [5, 5.41) is 4.98. The second-order valence-corrected chi connectivity index (χ2v) is 9.24. The van der Waals surface area contributed by atoms with E-state index in [9.17, 15) is 0 Å². The van der Waals surface area contributed by atoms with E-state index < -0.39 is 0 Å². The molecule has 2 aromatic carbocycles. The minimum absolute atomic E-state index is 0.0587. The second-order valence-electron chi connectivity index (χ2n) is 8.45. The van der Waals surface area contributed by atoms with E-state index >= 15 is 0 Å². The molecule has 0 radical (unpaired) electrons. The van der Waals surface area contributed by atoms with Crippen molar-refractivity contribution in [3.63, 3.8) is 0 Å². The lowest BCUT2D eigenvalue weighted by Gasteiger charge is -2.28. The Morgan fingerprint density at radius 1 is 0.939 bits per heavy atom. The Balaban J connectivity index is 1.70. The smallest absolute Gasteiger partial charge is 0.174 e. The highest BCUT2D eigenvalue weighted by Gasteiger charge is 2.42. The molecular weight excluding hydrogens is 448 g/mol. The average molecular weight is 473 g/mol. The van der Waals surface area contributed by atoms with Crippen molar-refractivity contribution in [3.05, 3.63) is 112 Å². The Kier molecular flexibility index (Phi) is 5.69. The van der Waals surface area contributed by atoms with E-state index in [-0.39, 0.29) is 12.1 Å². The zero-order valence-corrected chi connectivity index (χ0v) is 20.4. The number of aryl methyl sites for hydroxylation is 2. The van der Waals surface area contributed by atoms with Gasteiger partial charge < -0.3 is 14.8 Å². The first-order chi connectivity index (χ1) is 16.0. The molecule has 166 valence electrons. The van der Waals surface area contributed by atoms with Gasteiger partial charge in [-0.15, -0.1) is 0 Å². The van der Waals surface area contributed by atoms with Gasteiger partial charge >= 0.3 is 0 Å². The molecule has 6 heteroatoms. The van der Waals surface area contributed by atoms with Crippen molar-refractivity contribution in [2.24, 2.45) is 0 Å². The highest BCUT2D eigenvalue weighted by Crippen LogP contribution is 2.44. The number of rotatable bonds is 4. The predicted octanol–water partition coefficient (Wildman–Crippen LogP) is 6.63. The topological polar surface area (TPSA) is 33.1 Å². The van der Waals surface area contributed by atoms with Gasteiger partial charge in [-0.3, -0.25) is 4.98 Å². The molecule has 0 aliphatic carbocycles. The summed E-state index contributed by atoms with van der Waals surface area (Å²) in [6.45, 7) is 6.37. The number of anilines is 1. The van der Waals surface area contributed by atoms with Crippen LogP contribution in [0.1, 0.15) is 40.3 Å². The summed E-state index contributed by atoms with van der Waals surface area (Å²) in [5.74, 6) is 0. The first-order valence-corrected chi connectivity index (χ1v) is 11.8. The van der Waals surface area contributed by atoms with Crippen LogP contribution in [0.4, 0.5) is 5.69 Å². The maximum absolute atomic E-state index is 6.59. The van der Waals surface area contributed by atoms with E-state index in [4.69, 9.17) is 23.8 Å². The Labute approximate surface area is 204 Å². The molecule has 0 bridgehead atoms. The van der Waals surface area contributed by atoms with E-state index in [1.54, 1.807) is 0 Å². The Morgan fingerprint density at radius 3 is 2.45 bits per heavy atom. The normalized spacial score (nSPS) is 17.9. The third-order valence-corrected chi connectivity index (χ3v) is 6.89. The van der Waals surface area contributed by atoms with Crippen LogP contribution in [-0.2, 0) is 0 Å². The van der Waals surface area contributed by atoms with Crippen LogP contribution in [0.25, 0.3) is 5.69 Å². The van der Waals surface area contributed by atoms with Crippen LogP contribution >= 0.6 is 23.8 Å². The number of hydrogen-bond acceptors (Lipinski definition) is 2. The first-order valence-electron chi connectivity index (χ1n) is 11.0. The number of benzene rings is 2. The third-order valence-electron chi connectivity index (χ3n) is 6.26. The fourth-order valence-electron chi connectivity index (χ4n) is 4.82. The molecule has 4 nitrogen and oxygen atoms in total. The molecule has 1 saturated heterocycles. The number of aromatic nitrogens is 2. The van der Waals surface area contributed by atoms with Gasteiger partial charge in [-0.05, 0) is 86.6 Å². The minimum Gasteiger partial charge on any atom is -0.351 e. The molecule has 1 aliphatic heterocycles.